The monoisotopic (exact) mass is 322 g/mol. The zero-order valence-electron chi connectivity index (χ0n) is 13.0. The lowest BCUT2D eigenvalue weighted by Crippen LogP contribution is -2.50. The summed E-state index contributed by atoms with van der Waals surface area (Å²) in [6.45, 7) is 6.44. The Hall–Kier alpha value is -1.69. The van der Waals surface area contributed by atoms with Crippen molar-refractivity contribution < 1.29 is 14.3 Å². The molecular weight excluding hydrogens is 300 g/mol. The maximum Gasteiger partial charge on any atom is 0.409 e. The van der Waals surface area contributed by atoms with Crippen molar-refractivity contribution in [1.29, 1.82) is 0 Å². The van der Waals surface area contributed by atoms with Crippen LogP contribution < -0.4 is 0 Å². The number of thiol groups is 1. The second-order valence-electron chi connectivity index (χ2n) is 5.77. The second kappa shape index (κ2) is 7.54. The summed E-state index contributed by atoms with van der Waals surface area (Å²) in [4.78, 5) is 28.4. The number of hydrogen-bond donors (Lipinski definition) is 1. The van der Waals surface area contributed by atoms with Gasteiger partial charge >= 0.3 is 6.09 Å². The fraction of sp³-hybridized carbons (Fsp3) is 0.500. The number of nitrogens with zero attached hydrogens (tertiary/aromatic N) is 2. The highest BCUT2D eigenvalue weighted by Gasteiger charge is 2.26. The Labute approximate surface area is 136 Å². The smallest absolute Gasteiger partial charge is 0.409 e. The minimum atomic E-state index is -0.296. The van der Waals surface area contributed by atoms with Gasteiger partial charge in [-0.2, -0.15) is 0 Å². The summed E-state index contributed by atoms with van der Waals surface area (Å²) >= 11 is 4.32. The van der Waals surface area contributed by atoms with E-state index in [9.17, 15) is 9.59 Å². The largest absolute Gasteiger partial charge is 0.449 e. The number of hydrogen-bond acceptors (Lipinski definition) is 4. The van der Waals surface area contributed by atoms with E-state index >= 15 is 0 Å². The number of piperazine rings is 1. The van der Waals surface area contributed by atoms with Crippen molar-refractivity contribution >= 4 is 24.6 Å². The summed E-state index contributed by atoms with van der Waals surface area (Å²) in [5, 5.41) is 0. The molecule has 1 heterocycles. The first-order valence-corrected chi connectivity index (χ1v) is 7.92. The third-order valence-corrected chi connectivity index (χ3v) is 3.89. The molecule has 0 spiro atoms. The number of benzene rings is 1. The number of amides is 2. The maximum atomic E-state index is 12.5. The normalized spacial score (nSPS) is 15.1. The highest BCUT2D eigenvalue weighted by molar-refractivity contribution is 7.80. The van der Waals surface area contributed by atoms with Crippen LogP contribution in [-0.2, 0) is 4.74 Å². The summed E-state index contributed by atoms with van der Waals surface area (Å²) in [5.74, 6) is 0.277. The number of carbonyl (C=O) groups excluding carboxylic acids is 2. The molecule has 120 valence electrons. The van der Waals surface area contributed by atoms with Crippen LogP contribution >= 0.6 is 12.6 Å². The third-order valence-electron chi connectivity index (χ3n) is 3.50. The molecule has 0 N–H and O–H groups in total. The molecule has 0 radical (unpaired) electrons. The Balaban J connectivity index is 1.88. The van der Waals surface area contributed by atoms with Crippen LogP contribution in [-0.4, -0.2) is 54.6 Å². The van der Waals surface area contributed by atoms with Gasteiger partial charge in [0.25, 0.3) is 5.91 Å². The molecule has 1 aromatic rings. The number of rotatable bonds is 3. The Morgan fingerprint density at radius 3 is 2.32 bits per heavy atom. The van der Waals surface area contributed by atoms with Gasteiger partial charge in [0.05, 0.1) is 12.2 Å². The summed E-state index contributed by atoms with van der Waals surface area (Å²) in [6, 6.07) is 7.25. The van der Waals surface area contributed by atoms with Crippen LogP contribution in [0.15, 0.2) is 29.2 Å². The minimum Gasteiger partial charge on any atom is -0.449 e. The Bertz CT molecular complexity index is 540. The molecule has 0 aromatic heterocycles. The van der Waals surface area contributed by atoms with Gasteiger partial charge in [0.15, 0.2) is 0 Å². The van der Waals surface area contributed by atoms with Gasteiger partial charge in [-0.15, -0.1) is 12.6 Å². The summed E-state index contributed by atoms with van der Waals surface area (Å²) in [5.41, 5.74) is 0.599. The van der Waals surface area contributed by atoms with Crippen LogP contribution in [0.4, 0.5) is 4.79 Å². The van der Waals surface area contributed by atoms with E-state index in [1.807, 2.05) is 26.0 Å². The van der Waals surface area contributed by atoms with Gasteiger partial charge in [-0.05, 0) is 18.1 Å². The van der Waals surface area contributed by atoms with E-state index in [4.69, 9.17) is 4.74 Å². The van der Waals surface area contributed by atoms with Crippen molar-refractivity contribution in [2.45, 2.75) is 18.7 Å². The number of carbonyl (C=O) groups is 2. The zero-order valence-corrected chi connectivity index (χ0v) is 13.9. The SMILES string of the molecule is CC(C)COC(=O)N1CCN(C(=O)c2ccccc2S)CC1. The molecule has 2 rings (SSSR count). The lowest BCUT2D eigenvalue weighted by atomic mass is 10.2. The maximum absolute atomic E-state index is 12.5. The van der Waals surface area contributed by atoms with E-state index in [0.717, 1.165) is 0 Å². The first-order valence-electron chi connectivity index (χ1n) is 7.48. The Morgan fingerprint density at radius 2 is 1.73 bits per heavy atom. The molecule has 0 aliphatic carbocycles. The standard InChI is InChI=1S/C16H22N2O3S/c1-12(2)11-21-16(20)18-9-7-17(8-10-18)15(19)13-5-3-4-6-14(13)22/h3-6,12,22H,7-11H2,1-2H3. The molecule has 0 unspecified atom stereocenters. The average Bonchev–Trinajstić information content (AvgIpc) is 2.52. The van der Waals surface area contributed by atoms with Gasteiger partial charge in [-0.1, -0.05) is 26.0 Å². The van der Waals surface area contributed by atoms with Crippen LogP contribution in [0.1, 0.15) is 24.2 Å². The molecule has 1 aliphatic rings. The minimum absolute atomic E-state index is 0.0409. The van der Waals surface area contributed by atoms with Crippen LogP contribution in [0.3, 0.4) is 0 Å². The van der Waals surface area contributed by atoms with Gasteiger partial charge in [0.2, 0.25) is 0 Å². The third kappa shape index (κ3) is 4.16. The van der Waals surface area contributed by atoms with Crippen molar-refractivity contribution in [2.75, 3.05) is 32.8 Å². The van der Waals surface area contributed by atoms with Crippen molar-refractivity contribution in [3.63, 3.8) is 0 Å². The average molecular weight is 322 g/mol. The molecule has 0 bridgehead atoms. The van der Waals surface area contributed by atoms with E-state index < -0.39 is 0 Å². The van der Waals surface area contributed by atoms with Gasteiger partial charge in [-0.3, -0.25) is 4.79 Å². The predicted octanol–water partition coefficient (Wildman–Crippen LogP) is 2.53. The van der Waals surface area contributed by atoms with Gasteiger partial charge in [-0.25, -0.2) is 4.79 Å². The molecule has 5 nitrogen and oxygen atoms in total. The fourth-order valence-electron chi connectivity index (χ4n) is 2.25. The van der Waals surface area contributed by atoms with E-state index in [1.165, 1.54) is 0 Å². The molecule has 1 aliphatic heterocycles. The summed E-state index contributed by atoms with van der Waals surface area (Å²) < 4.78 is 5.21. The summed E-state index contributed by atoms with van der Waals surface area (Å²) in [6.07, 6.45) is -0.296. The molecule has 1 aromatic carbocycles. The molecule has 0 saturated carbocycles. The van der Waals surface area contributed by atoms with E-state index in [1.54, 1.807) is 21.9 Å². The van der Waals surface area contributed by atoms with Gasteiger partial charge in [0, 0.05) is 31.1 Å². The quantitative estimate of drug-likeness (QED) is 0.870. The van der Waals surface area contributed by atoms with Gasteiger partial charge in [0.1, 0.15) is 0 Å². The van der Waals surface area contributed by atoms with Crippen LogP contribution in [0, 0.1) is 5.92 Å². The molecule has 22 heavy (non-hydrogen) atoms. The zero-order chi connectivity index (χ0) is 16.1. The molecule has 2 amide bonds. The first kappa shape index (κ1) is 16.7. The lowest BCUT2D eigenvalue weighted by Gasteiger charge is -2.34. The molecule has 0 atom stereocenters. The topological polar surface area (TPSA) is 49.9 Å². The van der Waals surface area contributed by atoms with Crippen molar-refractivity contribution in [2.24, 2.45) is 5.92 Å². The molecule has 1 saturated heterocycles. The predicted molar refractivity (Wildman–Crippen MR) is 87.4 cm³/mol. The molecule has 1 fully saturated rings. The molecular formula is C16H22N2O3S. The number of ether oxygens (including phenoxy) is 1. The Morgan fingerprint density at radius 1 is 1.14 bits per heavy atom. The fourth-order valence-corrected chi connectivity index (χ4v) is 2.50. The Kier molecular flexibility index (Phi) is 5.71. The van der Waals surface area contributed by atoms with E-state index in [-0.39, 0.29) is 12.0 Å². The first-order chi connectivity index (χ1) is 10.5. The van der Waals surface area contributed by atoms with Gasteiger partial charge < -0.3 is 14.5 Å². The van der Waals surface area contributed by atoms with Crippen LogP contribution in [0.25, 0.3) is 0 Å². The molecule has 6 heteroatoms. The van der Waals surface area contributed by atoms with Crippen molar-refractivity contribution in [3.05, 3.63) is 29.8 Å². The van der Waals surface area contributed by atoms with Crippen molar-refractivity contribution in [3.8, 4) is 0 Å². The van der Waals surface area contributed by atoms with Crippen molar-refractivity contribution in [1.82, 2.24) is 9.80 Å². The second-order valence-corrected chi connectivity index (χ2v) is 6.25. The van der Waals surface area contributed by atoms with E-state index in [2.05, 4.69) is 12.6 Å². The summed E-state index contributed by atoms with van der Waals surface area (Å²) in [7, 11) is 0. The highest BCUT2D eigenvalue weighted by atomic mass is 32.1. The van der Waals surface area contributed by atoms with Crippen LogP contribution in [0.2, 0.25) is 0 Å². The highest BCUT2D eigenvalue weighted by Crippen LogP contribution is 2.16. The van der Waals surface area contributed by atoms with Crippen LogP contribution in [0.5, 0.6) is 0 Å². The van der Waals surface area contributed by atoms with E-state index in [0.29, 0.717) is 49.2 Å². The lowest BCUT2D eigenvalue weighted by molar-refractivity contribution is 0.0533.